The third-order valence-corrected chi connectivity index (χ3v) is 3.34. The van der Waals surface area contributed by atoms with Gasteiger partial charge in [0.05, 0.1) is 5.41 Å². The summed E-state index contributed by atoms with van der Waals surface area (Å²) in [5.41, 5.74) is 3.86. The molecule has 0 aromatic heterocycles. The Morgan fingerprint density at radius 3 is 2.38 bits per heavy atom. The molecule has 92 valence electrons. The van der Waals surface area contributed by atoms with Gasteiger partial charge in [-0.25, -0.2) is 4.79 Å². The van der Waals surface area contributed by atoms with Crippen LogP contribution in [-0.4, -0.2) is 29.1 Å². The van der Waals surface area contributed by atoms with Gasteiger partial charge in [0, 0.05) is 6.54 Å². The quantitative estimate of drug-likeness (QED) is 0.616. The molecule has 1 aliphatic rings. The van der Waals surface area contributed by atoms with Gasteiger partial charge in [-0.3, -0.25) is 4.79 Å². The van der Waals surface area contributed by atoms with E-state index in [2.05, 4.69) is 5.32 Å². The summed E-state index contributed by atoms with van der Waals surface area (Å²) in [6.07, 6.45) is 2.65. The lowest BCUT2D eigenvalue weighted by molar-refractivity contribution is -0.148. The molecule has 5 heteroatoms. The van der Waals surface area contributed by atoms with Gasteiger partial charge in [-0.05, 0) is 26.2 Å². The standard InChI is InChI=1S/C11H20N2O3/c1-3-4-10(2,9(15)16)13-8(14)11(7-12)5-6-11/h3-7,12H2,1-2H3,(H,13,14)(H,15,16). The van der Waals surface area contributed by atoms with Gasteiger partial charge in [0.25, 0.3) is 0 Å². The SMILES string of the molecule is CCCC(C)(NC(=O)C1(CN)CC1)C(=O)O. The summed E-state index contributed by atoms with van der Waals surface area (Å²) in [6, 6.07) is 0. The Labute approximate surface area is 95.4 Å². The van der Waals surface area contributed by atoms with Gasteiger partial charge in [0.2, 0.25) is 5.91 Å². The van der Waals surface area contributed by atoms with Gasteiger partial charge in [-0.2, -0.15) is 0 Å². The zero-order valence-corrected chi connectivity index (χ0v) is 9.88. The van der Waals surface area contributed by atoms with E-state index in [1.807, 2.05) is 6.92 Å². The lowest BCUT2D eigenvalue weighted by Crippen LogP contribution is -2.55. The molecule has 5 nitrogen and oxygen atoms in total. The van der Waals surface area contributed by atoms with Crippen LogP contribution in [0.5, 0.6) is 0 Å². The summed E-state index contributed by atoms with van der Waals surface area (Å²) in [5, 5.41) is 11.8. The van der Waals surface area contributed by atoms with Crippen LogP contribution in [0.4, 0.5) is 0 Å². The molecular formula is C11H20N2O3. The van der Waals surface area contributed by atoms with Crippen LogP contribution in [0, 0.1) is 5.41 Å². The van der Waals surface area contributed by atoms with Crippen molar-refractivity contribution in [3.8, 4) is 0 Å². The van der Waals surface area contributed by atoms with E-state index in [4.69, 9.17) is 10.8 Å². The number of aliphatic carboxylic acids is 1. The van der Waals surface area contributed by atoms with Crippen LogP contribution in [0.1, 0.15) is 39.5 Å². The van der Waals surface area contributed by atoms with Crippen LogP contribution in [0.3, 0.4) is 0 Å². The number of nitrogens with one attached hydrogen (secondary N) is 1. The summed E-state index contributed by atoms with van der Waals surface area (Å²) < 4.78 is 0. The highest BCUT2D eigenvalue weighted by atomic mass is 16.4. The van der Waals surface area contributed by atoms with Crippen molar-refractivity contribution in [2.45, 2.75) is 45.1 Å². The minimum absolute atomic E-state index is 0.214. The van der Waals surface area contributed by atoms with Crippen LogP contribution < -0.4 is 11.1 Å². The lowest BCUT2D eigenvalue weighted by Gasteiger charge is -2.28. The summed E-state index contributed by atoms with van der Waals surface area (Å²) >= 11 is 0. The lowest BCUT2D eigenvalue weighted by atomic mass is 9.94. The van der Waals surface area contributed by atoms with E-state index in [9.17, 15) is 9.59 Å². The fraction of sp³-hybridized carbons (Fsp3) is 0.818. The molecule has 0 radical (unpaired) electrons. The molecular weight excluding hydrogens is 208 g/mol. The highest BCUT2D eigenvalue weighted by molar-refractivity contribution is 5.91. The van der Waals surface area contributed by atoms with E-state index >= 15 is 0 Å². The van der Waals surface area contributed by atoms with Crippen LogP contribution in [-0.2, 0) is 9.59 Å². The number of carbonyl (C=O) groups is 2. The van der Waals surface area contributed by atoms with Crippen LogP contribution in [0.15, 0.2) is 0 Å². The van der Waals surface area contributed by atoms with Crippen molar-refractivity contribution in [3.63, 3.8) is 0 Å². The molecule has 1 rings (SSSR count). The predicted octanol–water partition coefficient (Wildman–Crippen LogP) is 0.485. The van der Waals surface area contributed by atoms with Crippen LogP contribution >= 0.6 is 0 Å². The first-order valence-corrected chi connectivity index (χ1v) is 5.66. The first-order chi connectivity index (χ1) is 7.40. The summed E-state index contributed by atoms with van der Waals surface area (Å²) in [7, 11) is 0. The Hall–Kier alpha value is -1.10. The van der Waals surface area contributed by atoms with Crippen LogP contribution in [0.2, 0.25) is 0 Å². The van der Waals surface area contributed by atoms with Crippen molar-refractivity contribution in [2.75, 3.05) is 6.54 Å². The van der Waals surface area contributed by atoms with Crippen molar-refractivity contribution < 1.29 is 14.7 Å². The molecule has 0 aromatic rings. The minimum atomic E-state index is -1.17. The normalized spacial score (nSPS) is 20.9. The Morgan fingerprint density at radius 1 is 1.50 bits per heavy atom. The maximum atomic E-state index is 11.9. The minimum Gasteiger partial charge on any atom is -0.480 e. The molecule has 4 N–H and O–H groups in total. The molecule has 1 atom stereocenters. The van der Waals surface area contributed by atoms with E-state index in [1.54, 1.807) is 6.92 Å². The van der Waals surface area contributed by atoms with Crippen LogP contribution in [0.25, 0.3) is 0 Å². The van der Waals surface area contributed by atoms with Gasteiger partial charge in [0.1, 0.15) is 5.54 Å². The van der Waals surface area contributed by atoms with Crippen molar-refractivity contribution in [1.82, 2.24) is 5.32 Å². The molecule has 1 fully saturated rings. The monoisotopic (exact) mass is 228 g/mol. The highest BCUT2D eigenvalue weighted by Crippen LogP contribution is 2.45. The van der Waals surface area contributed by atoms with Gasteiger partial charge in [0.15, 0.2) is 0 Å². The third-order valence-electron chi connectivity index (χ3n) is 3.34. The second-order valence-corrected chi connectivity index (χ2v) is 4.83. The summed E-state index contributed by atoms with van der Waals surface area (Å²) in [4.78, 5) is 23.0. The molecule has 0 aliphatic heterocycles. The van der Waals surface area contributed by atoms with E-state index in [0.29, 0.717) is 19.4 Å². The third kappa shape index (κ3) is 2.35. The molecule has 0 saturated heterocycles. The Kier molecular flexibility index (Phi) is 3.57. The molecule has 1 unspecified atom stereocenters. The van der Waals surface area contributed by atoms with Gasteiger partial charge >= 0.3 is 5.97 Å². The molecule has 16 heavy (non-hydrogen) atoms. The number of carboxylic acid groups (broad SMARTS) is 1. The number of hydrogen-bond donors (Lipinski definition) is 3. The largest absolute Gasteiger partial charge is 0.480 e. The zero-order chi connectivity index (χ0) is 12.4. The maximum Gasteiger partial charge on any atom is 0.329 e. The van der Waals surface area contributed by atoms with Gasteiger partial charge in [-0.15, -0.1) is 0 Å². The molecule has 0 spiro atoms. The van der Waals surface area contributed by atoms with Crippen molar-refractivity contribution >= 4 is 11.9 Å². The second-order valence-electron chi connectivity index (χ2n) is 4.83. The Bertz CT molecular complexity index is 300. The van der Waals surface area contributed by atoms with E-state index in [-0.39, 0.29) is 5.91 Å². The molecule has 1 amide bonds. The summed E-state index contributed by atoms with van der Waals surface area (Å²) in [5.74, 6) is -1.20. The second kappa shape index (κ2) is 4.41. The highest BCUT2D eigenvalue weighted by Gasteiger charge is 2.51. The first-order valence-electron chi connectivity index (χ1n) is 5.66. The molecule has 0 aromatic carbocycles. The Balaban J connectivity index is 2.69. The number of amides is 1. The average Bonchev–Trinajstić information content (AvgIpc) is 2.98. The number of carbonyl (C=O) groups excluding carboxylic acids is 1. The fourth-order valence-electron chi connectivity index (χ4n) is 1.78. The number of rotatable bonds is 6. The molecule has 0 bridgehead atoms. The number of nitrogens with two attached hydrogens (primary N) is 1. The number of carboxylic acids is 1. The van der Waals surface area contributed by atoms with E-state index in [1.165, 1.54) is 0 Å². The van der Waals surface area contributed by atoms with Crippen molar-refractivity contribution in [2.24, 2.45) is 11.1 Å². The van der Waals surface area contributed by atoms with Crippen molar-refractivity contribution in [3.05, 3.63) is 0 Å². The Morgan fingerprint density at radius 2 is 2.06 bits per heavy atom. The average molecular weight is 228 g/mol. The molecule has 1 aliphatic carbocycles. The number of hydrogen-bond acceptors (Lipinski definition) is 3. The smallest absolute Gasteiger partial charge is 0.329 e. The van der Waals surface area contributed by atoms with Crippen molar-refractivity contribution in [1.29, 1.82) is 0 Å². The molecule has 1 saturated carbocycles. The van der Waals surface area contributed by atoms with Gasteiger partial charge in [-0.1, -0.05) is 13.3 Å². The fourth-order valence-corrected chi connectivity index (χ4v) is 1.78. The summed E-state index contributed by atoms with van der Waals surface area (Å²) in [6.45, 7) is 3.73. The maximum absolute atomic E-state index is 11.9. The topological polar surface area (TPSA) is 92.4 Å². The van der Waals surface area contributed by atoms with E-state index < -0.39 is 16.9 Å². The molecule has 0 heterocycles. The predicted molar refractivity (Wildman–Crippen MR) is 59.8 cm³/mol. The first kappa shape index (κ1) is 13.0. The zero-order valence-electron chi connectivity index (χ0n) is 9.88. The van der Waals surface area contributed by atoms with E-state index in [0.717, 1.165) is 12.8 Å². The van der Waals surface area contributed by atoms with Gasteiger partial charge < -0.3 is 16.2 Å².